The van der Waals surface area contributed by atoms with Gasteiger partial charge >= 0.3 is 0 Å². The molecule has 0 fully saturated rings. The Balaban J connectivity index is 2.15. The first-order valence-electron chi connectivity index (χ1n) is 6.18. The third-order valence-corrected chi connectivity index (χ3v) is 4.34. The average molecular weight is 296 g/mol. The molecule has 0 aliphatic heterocycles. The Labute approximate surface area is 123 Å². The number of thiophene rings is 1. The zero-order chi connectivity index (χ0) is 13.8. The molecule has 2 atom stereocenters. The number of rotatable bonds is 5. The molecule has 0 saturated heterocycles. The summed E-state index contributed by atoms with van der Waals surface area (Å²) >= 11 is 7.62. The van der Waals surface area contributed by atoms with E-state index in [9.17, 15) is 0 Å². The van der Waals surface area contributed by atoms with Crippen molar-refractivity contribution in [1.82, 2.24) is 9.88 Å². The van der Waals surface area contributed by atoms with Crippen LogP contribution in [0.25, 0.3) is 0 Å². The smallest absolute Gasteiger partial charge is 0.0931 e. The van der Waals surface area contributed by atoms with Crippen LogP contribution in [0.3, 0.4) is 0 Å². The van der Waals surface area contributed by atoms with Crippen molar-refractivity contribution in [3.8, 4) is 0 Å². The van der Waals surface area contributed by atoms with Gasteiger partial charge in [0, 0.05) is 29.9 Å². The second-order valence-corrected chi connectivity index (χ2v) is 6.46. The summed E-state index contributed by atoms with van der Waals surface area (Å²) in [5.74, 6) is 0. The molecule has 2 N–H and O–H groups in total. The maximum absolute atomic E-state index is 6.14. The van der Waals surface area contributed by atoms with E-state index in [-0.39, 0.29) is 12.1 Å². The van der Waals surface area contributed by atoms with E-state index < -0.39 is 0 Å². The third kappa shape index (κ3) is 3.76. The molecule has 19 heavy (non-hydrogen) atoms. The van der Waals surface area contributed by atoms with Gasteiger partial charge in [0.2, 0.25) is 0 Å². The van der Waals surface area contributed by atoms with E-state index in [1.165, 1.54) is 10.4 Å². The second kappa shape index (κ2) is 6.48. The molecule has 0 bridgehead atoms. The van der Waals surface area contributed by atoms with E-state index >= 15 is 0 Å². The molecule has 0 radical (unpaired) electrons. The Bertz CT molecular complexity index is 512. The van der Waals surface area contributed by atoms with Gasteiger partial charge in [0.05, 0.1) is 10.4 Å². The number of nitrogens with zero attached hydrogens (tertiary/aromatic N) is 2. The largest absolute Gasteiger partial charge is 0.326 e. The monoisotopic (exact) mass is 295 g/mol. The lowest BCUT2D eigenvalue weighted by atomic mass is 10.1. The Hall–Kier alpha value is -0.940. The minimum atomic E-state index is 0.0431. The third-order valence-electron chi connectivity index (χ3n) is 3.04. The number of pyridine rings is 1. The van der Waals surface area contributed by atoms with Crippen molar-refractivity contribution in [2.45, 2.75) is 25.6 Å². The standard InChI is InChI=1S/C14H18ClN3S/c1-10(16)14(12-3-4-13(15)19-12)18(2)9-11-5-7-17-8-6-11/h3-8,10,14H,9,16H2,1-2H3. The molecule has 0 amide bonds. The first-order valence-corrected chi connectivity index (χ1v) is 7.37. The quantitative estimate of drug-likeness (QED) is 0.920. The number of nitrogens with two attached hydrogens (primary N) is 1. The van der Waals surface area contributed by atoms with Crippen molar-refractivity contribution < 1.29 is 0 Å². The highest BCUT2D eigenvalue weighted by Gasteiger charge is 2.22. The fourth-order valence-electron chi connectivity index (χ4n) is 2.24. The van der Waals surface area contributed by atoms with Crippen LogP contribution in [-0.4, -0.2) is 23.0 Å². The summed E-state index contributed by atoms with van der Waals surface area (Å²) < 4.78 is 0.804. The fourth-order valence-corrected chi connectivity index (χ4v) is 3.58. The number of hydrogen-bond acceptors (Lipinski definition) is 4. The highest BCUT2D eigenvalue weighted by Crippen LogP contribution is 2.32. The summed E-state index contributed by atoms with van der Waals surface area (Å²) in [5, 5.41) is 0. The van der Waals surface area contributed by atoms with Gasteiger partial charge in [0.15, 0.2) is 0 Å². The number of likely N-dealkylation sites (N-methyl/N-ethyl adjacent to an activating group) is 1. The molecule has 2 rings (SSSR count). The van der Waals surface area contributed by atoms with E-state index in [1.807, 2.05) is 37.5 Å². The second-order valence-electron chi connectivity index (χ2n) is 4.72. The van der Waals surface area contributed by atoms with Gasteiger partial charge in [-0.2, -0.15) is 0 Å². The van der Waals surface area contributed by atoms with Gasteiger partial charge < -0.3 is 5.73 Å². The molecule has 0 saturated carbocycles. The van der Waals surface area contributed by atoms with Gasteiger partial charge in [-0.15, -0.1) is 11.3 Å². The highest BCUT2D eigenvalue weighted by atomic mass is 35.5. The molecule has 5 heteroatoms. The van der Waals surface area contributed by atoms with Gasteiger partial charge in [0.1, 0.15) is 0 Å². The molecule has 2 aromatic rings. The van der Waals surface area contributed by atoms with Crippen LogP contribution in [-0.2, 0) is 6.54 Å². The number of aromatic nitrogens is 1. The van der Waals surface area contributed by atoms with Crippen molar-refractivity contribution in [2.24, 2.45) is 5.73 Å². The Kier molecular flexibility index (Phi) is 4.93. The molecular weight excluding hydrogens is 278 g/mol. The summed E-state index contributed by atoms with van der Waals surface area (Å²) in [4.78, 5) is 7.49. The van der Waals surface area contributed by atoms with Crippen molar-refractivity contribution >= 4 is 22.9 Å². The van der Waals surface area contributed by atoms with Crippen LogP contribution < -0.4 is 5.73 Å². The summed E-state index contributed by atoms with van der Waals surface area (Å²) in [6.45, 7) is 2.87. The molecular formula is C14H18ClN3S. The lowest BCUT2D eigenvalue weighted by molar-refractivity contribution is 0.214. The lowest BCUT2D eigenvalue weighted by Gasteiger charge is -2.30. The summed E-state index contributed by atoms with van der Waals surface area (Å²) in [6, 6.07) is 8.25. The van der Waals surface area contributed by atoms with E-state index in [0.717, 1.165) is 10.9 Å². The summed E-state index contributed by atoms with van der Waals surface area (Å²) in [7, 11) is 2.09. The molecule has 0 aromatic carbocycles. The van der Waals surface area contributed by atoms with Crippen molar-refractivity contribution in [2.75, 3.05) is 7.05 Å². The molecule has 2 unspecified atom stereocenters. The van der Waals surface area contributed by atoms with Crippen LogP contribution in [0.2, 0.25) is 4.34 Å². The Morgan fingerprint density at radius 3 is 2.53 bits per heavy atom. The normalized spacial score (nSPS) is 14.6. The van der Waals surface area contributed by atoms with Crippen LogP contribution in [0.4, 0.5) is 0 Å². The summed E-state index contributed by atoms with van der Waals surface area (Å²) in [6.07, 6.45) is 3.62. The zero-order valence-corrected chi connectivity index (χ0v) is 12.7. The SMILES string of the molecule is CC(N)C(c1ccc(Cl)s1)N(C)Cc1ccncc1. The number of hydrogen-bond donors (Lipinski definition) is 1. The molecule has 102 valence electrons. The maximum atomic E-state index is 6.14. The van der Waals surface area contributed by atoms with Gasteiger partial charge in [-0.05, 0) is 43.8 Å². The predicted octanol–water partition coefficient (Wildman–Crippen LogP) is 3.32. The van der Waals surface area contributed by atoms with Crippen molar-refractivity contribution in [1.29, 1.82) is 0 Å². The van der Waals surface area contributed by atoms with E-state index in [4.69, 9.17) is 17.3 Å². The van der Waals surface area contributed by atoms with Gasteiger partial charge in [-0.3, -0.25) is 9.88 Å². The lowest BCUT2D eigenvalue weighted by Crippen LogP contribution is -2.36. The average Bonchev–Trinajstić information content (AvgIpc) is 2.76. The van der Waals surface area contributed by atoms with E-state index in [0.29, 0.717) is 0 Å². The molecule has 2 aromatic heterocycles. The van der Waals surface area contributed by atoms with E-state index in [1.54, 1.807) is 11.3 Å². The summed E-state index contributed by atoms with van der Waals surface area (Å²) in [5.41, 5.74) is 7.37. The first-order chi connectivity index (χ1) is 9.08. The van der Waals surface area contributed by atoms with Crippen LogP contribution in [0.1, 0.15) is 23.4 Å². The fraction of sp³-hybridized carbons (Fsp3) is 0.357. The van der Waals surface area contributed by atoms with Gasteiger partial charge in [0.25, 0.3) is 0 Å². The Morgan fingerprint density at radius 1 is 1.32 bits per heavy atom. The first kappa shape index (κ1) is 14.5. The zero-order valence-electron chi connectivity index (χ0n) is 11.1. The minimum Gasteiger partial charge on any atom is -0.326 e. The maximum Gasteiger partial charge on any atom is 0.0931 e. The number of halogens is 1. The molecule has 2 heterocycles. The topological polar surface area (TPSA) is 42.1 Å². The van der Waals surface area contributed by atoms with Crippen LogP contribution in [0.15, 0.2) is 36.7 Å². The predicted molar refractivity (Wildman–Crippen MR) is 81.4 cm³/mol. The van der Waals surface area contributed by atoms with Crippen LogP contribution in [0.5, 0.6) is 0 Å². The molecule has 0 aliphatic rings. The highest BCUT2D eigenvalue weighted by molar-refractivity contribution is 7.16. The van der Waals surface area contributed by atoms with Crippen molar-refractivity contribution in [3.05, 3.63) is 51.4 Å². The van der Waals surface area contributed by atoms with E-state index in [2.05, 4.69) is 23.0 Å². The van der Waals surface area contributed by atoms with Crippen LogP contribution in [0, 0.1) is 0 Å². The van der Waals surface area contributed by atoms with Crippen LogP contribution >= 0.6 is 22.9 Å². The van der Waals surface area contributed by atoms with Gasteiger partial charge in [-0.25, -0.2) is 0 Å². The molecule has 0 aliphatic carbocycles. The van der Waals surface area contributed by atoms with Gasteiger partial charge in [-0.1, -0.05) is 11.6 Å². The van der Waals surface area contributed by atoms with Crippen molar-refractivity contribution in [3.63, 3.8) is 0 Å². The Morgan fingerprint density at radius 2 is 2.00 bits per heavy atom. The molecule has 3 nitrogen and oxygen atoms in total. The minimum absolute atomic E-state index is 0.0431. The molecule has 0 spiro atoms.